The third-order valence-corrected chi connectivity index (χ3v) is 10.2. The summed E-state index contributed by atoms with van der Waals surface area (Å²) in [5.41, 5.74) is 0.895. The fourth-order valence-corrected chi connectivity index (χ4v) is 8.03. The van der Waals surface area contributed by atoms with Gasteiger partial charge in [0.05, 0.1) is 11.1 Å². The first-order valence-electron chi connectivity index (χ1n) is 14.6. The number of rotatable bonds is 8. The highest BCUT2D eigenvalue weighted by molar-refractivity contribution is 6.39. The van der Waals surface area contributed by atoms with Gasteiger partial charge in [0.15, 0.2) is 0 Å². The standard InChI is InChI=1S/C30H31Cl2N5O5/c31-16-9-20(32)18-11-23(35-21(18)10-16)30(42)37-12-19-13-1-2-14(7-13)24(19)25(37)28(40)36-22(8-15-5-6-33-27(15)39)26(38)29(41)34-17-3-4-17/h1-2,9-11,13-15,17,19,22,24-25,35H,3-8,12H2,(H,33,39)(H,34,41)(H,36,40)/t13-,14+,15+,19-,22?,24+,25+/m1/s1. The molecule has 4 N–H and O–H groups in total. The maximum absolute atomic E-state index is 14.1. The van der Waals surface area contributed by atoms with Crippen LogP contribution in [0.2, 0.25) is 10.0 Å². The number of ketones is 1. The van der Waals surface area contributed by atoms with Gasteiger partial charge in [0.2, 0.25) is 17.6 Å². The minimum Gasteiger partial charge on any atom is -0.356 e. The second-order valence-electron chi connectivity index (χ2n) is 12.3. The van der Waals surface area contributed by atoms with Gasteiger partial charge in [0.25, 0.3) is 11.8 Å². The smallest absolute Gasteiger partial charge is 0.289 e. The molecule has 1 unspecified atom stereocenters. The van der Waals surface area contributed by atoms with Crippen LogP contribution >= 0.6 is 23.2 Å². The lowest BCUT2D eigenvalue weighted by molar-refractivity contribution is -0.141. The number of Topliss-reactive ketones (excluding diaryl/α,β-unsaturated/α-hetero) is 1. The molecular weight excluding hydrogens is 581 g/mol. The minimum absolute atomic E-state index is 0.0243. The van der Waals surface area contributed by atoms with Crippen molar-refractivity contribution in [2.45, 2.75) is 50.2 Å². The Morgan fingerprint density at radius 3 is 2.57 bits per heavy atom. The van der Waals surface area contributed by atoms with E-state index in [-0.39, 0.29) is 53.6 Å². The Labute approximate surface area is 251 Å². The molecule has 3 heterocycles. The molecule has 7 rings (SSSR count). The van der Waals surface area contributed by atoms with Crippen LogP contribution < -0.4 is 16.0 Å². The summed E-state index contributed by atoms with van der Waals surface area (Å²) < 4.78 is 0. The summed E-state index contributed by atoms with van der Waals surface area (Å²) in [6.45, 7) is 0.874. The third kappa shape index (κ3) is 4.78. The van der Waals surface area contributed by atoms with Crippen molar-refractivity contribution in [3.05, 3.63) is 46.1 Å². The SMILES string of the molecule is O=C(NC1CC1)C(=O)C(C[C@@H]1CCNC1=O)NC(=O)[C@@H]1[C@@H]2[C@H](CN1C(=O)c1cc3c(Cl)cc(Cl)cc3[nH]1)[C@@H]1C=C[C@H]2C1. The Morgan fingerprint density at radius 2 is 1.83 bits per heavy atom. The Balaban J connectivity index is 1.18. The van der Waals surface area contributed by atoms with Crippen molar-refractivity contribution in [2.24, 2.45) is 29.6 Å². The van der Waals surface area contributed by atoms with Crippen molar-refractivity contribution in [3.8, 4) is 0 Å². The highest BCUT2D eigenvalue weighted by Gasteiger charge is 2.58. The first-order valence-corrected chi connectivity index (χ1v) is 15.3. The number of hydrogen-bond acceptors (Lipinski definition) is 5. The van der Waals surface area contributed by atoms with E-state index in [1.54, 1.807) is 23.1 Å². The molecule has 10 nitrogen and oxygen atoms in total. The Kier molecular flexibility index (Phi) is 6.81. The van der Waals surface area contributed by atoms with E-state index in [0.29, 0.717) is 40.5 Å². The zero-order valence-electron chi connectivity index (χ0n) is 22.7. The number of H-pyrrole nitrogens is 1. The lowest BCUT2D eigenvalue weighted by atomic mass is 9.81. The average Bonchev–Trinajstić information content (AvgIpc) is 3.43. The highest BCUT2D eigenvalue weighted by atomic mass is 35.5. The average molecular weight is 613 g/mol. The summed E-state index contributed by atoms with van der Waals surface area (Å²) in [6.07, 6.45) is 7.39. The summed E-state index contributed by atoms with van der Waals surface area (Å²) in [5.74, 6) is -2.64. The number of halogens is 2. The number of likely N-dealkylation sites (tertiary alicyclic amines) is 1. The zero-order valence-corrected chi connectivity index (χ0v) is 24.2. The number of aromatic amines is 1. The second-order valence-corrected chi connectivity index (χ2v) is 13.2. The van der Waals surface area contributed by atoms with Crippen LogP contribution in [0.5, 0.6) is 0 Å². The molecule has 12 heteroatoms. The van der Waals surface area contributed by atoms with Gasteiger partial charge >= 0.3 is 0 Å². The summed E-state index contributed by atoms with van der Waals surface area (Å²) in [5, 5.41) is 9.78. The van der Waals surface area contributed by atoms with E-state index >= 15 is 0 Å². The van der Waals surface area contributed by atoms with Gasteiger partial charge in [-0.3, -0.25) is 24.0 Å². The first-order chi connectivity index (χ1) is 20.2. The monoisotopic (exact) mass is 611 g/mol. The first kappa shape index (κ1) is 27.5. The van der Waals surface area contributed by atoms with E-state index in [1.165, 1.54) is 0 Å². The highest BCUT2D eigenvalue weighted by Crippen LogP contribution is 2.54. The minimum atomic E-state index is -1.18. The molecule has 1 aromatic heterocycles. The maximum atomic E-state index is 14.1. The molecule has 0 spiro atoms. The Hall–Kier alpha value is -3.37. The predicted molar refractivity (Wildman–Crippen MR) is 155 cm³/mol. The molecule has 1 aromatic carbocycles. The molecule has 42 heavy (non-hydrogen) atoms. The van der Waals surface area contributed by atoms with E-state index in [4.69, 9.17) is 23.2 Å². The number of nitrogens with one attached hydrogen (secondary N) is 4. The molecule has 0 radical (unpaired) electrons. The summed E-state index contributed by atoms with van der Waals surface area (Å²) in [6, 6.07) is 2.91. The van der Waals surface area contributed by atoms with Crippen molar-refractivity contribution in [3.63, 3.8) is 0 Å². The largest absolute Gasteiger partial charge is 0.356 e. The normalized spacial score (nSPS) is 30.0. The molecule has 220 valence electrons. The van der Waals surface area contributed by atoms with Crippen LogP contribution in [0.3, 0.4) is 0 Å². The molecule has 2 aromatic rings. The second kappa shape index (κ2) is 10.4. The van der Waals surface area contributed by atoms with Gasteiger partial charge in [-0.1, -0.05) is 35.4 Å². The number of allylic oxidation sites excluding steroid dienone is 2. The van der Waals surface area contributed by atoms with Crippen molar-refractivity contribution < 1.29 is 24.0 Å². The Bertz CT molecular complexity index is 1550. The summed E-state index contributed by atoms with van der Waals surface area (Å²) in [7, 11) is 0. The third-order valence-electron chi connectivity index (χ3n) is 9.66. The van der Waals surface area contributed by atoms with Crippen LogP contribution in [0.4, 0.5) is 0 Å². The number of nitrogens with zero attached hydrogens (tertiary/aromatic N) is 1. The quantitative estimate of drug-likeness (QED) is 0.268. The van der Waals surface area contributed by atoms with Crippen LogP contribution in [0.15, 0.2) is 30.4 Å². The van der Waals surface area contributed by atoms with E-state index in [0.717, 1.165) is 19.3 Å². The molecule has 4 amide bonds. The Morgan fingerprint density at radius 1 is 1.05 bits per heavy atom. The lowest BCUT2D eigenvalue weighted by Crippen LogP contribution is -2.56. The number of carbonyl (C=O) groups is 5. The van der Waals surface area contributed by atoms with Crippen LogP contribution in [-0.2, 0) is 19.2 Å². The fraction of sp³-hybridized carbons (Fsp3) is 0.500. The van der Waals surface area contributed by atoms with Crippen LogP contribution in [-0.4, -0.2) is 70.5 Å². The molecule has 2 bridgehead atoms. The zero-order chi connectivity index (χ0) is 29.3. The number of hydrogen-bond donors (Lipinski definition) is 4. The van der Waals surface area contributed by atoms with E-state index in [2.05, 4.69) is 33.1 Å². The molecule has 5 aliphatic rings. The van der Waals surface area contributed by atoms with Crippen LogP contribution in [0, 0.1) is 29.6 Å². The van der Waals surface area contributed by atoms with E-state index < -0.39 is 35.6 Å². The number of carbonyl (C=O) groups excluding carboxylic acids is 5. The van der Waals surface area contributed by atoms with E-state index in [9.17, 15) is 24.0 Å². The number of amides is 4. The van der Waals surface area contributed by atoms with Crippen molar-refractivity contribution >= 4 is 63.5 Å². The fourth-order valence-electron chi connectivity index (χ4n) is 7.48. The molecule has 2 aliphatic heterocycles. The van der Waals surface area contributed by atoms with Gasteiger partial charge in [0.1, 0.15) is 11.7 Å². The summed E-state index contributed by atoms with van der Waals surface area (Å²) in [4.78, 5) is 71.3. The number of aromatic nitrogens is 1. The van der Waals surface area contributed by atoms with Crippen LogP contribution in [0.1, 0.15) is 42.6 Å². The number of benzene rings is 1. The van der Waals surface area contributed by atoms with Gasteiger partial charge in [-0.25, -0.2) is 0 Å². The van der Waals surface area contributed by atoms with Crippen LogP contribution in [0.25, 0.3) is 10.9 Å². The van der Waals surface area contributed by atoms with Crippen molar-refractivity contribution in [1.29, 1.82) is 0 Å². The van der Waals surface area contributed by atoms with Gasteiger partial charge in [0, 0.05) is 41.0 Å². The molecule has 7 atom stereocenters. The molecule has 2 saturated carbocycles. The maximum Gasteiger partial charge on any atom is 0.289 e. The summed E-state index contributed by atoms with van der Waals surface area (Å²) >= 11 is 12.5. The van der Waals surface area contributed by atoms with Gasteiger partial charge in [-0.2, -0.15) is 0 Å². The van der Waals surface area contributed by atoms with Gasteiger partial charge < -0.3 is 25.8 Å². The molecule has 4 fully saturated rings. The van der Waals surface area contributed by atoms with Crippen molar-refractivity contribution in [1.82, 2.24) is 25.8 Å². The number of fused-ring (bicyclic) bond motifs is 6. The topological polar surface area (TPSA) is 140 Å². The van der Waals surface area contributed by atoms with Gasteiger partial charge in [-0.15, -0.1) is 0 Å². The molecular formula is C30H31Cl2N5O5. The van der Waals surface area contributed by atoms with Gasteiger partial charge in [-0.05, 0) is 74.0 Å². The molecule has 3 aliphatic carbocycles. The predicted octanol–water partition coefficient (Wildman–Crippen LogP) is 2.60. The van der Waals surface area contributed by atoms with Crippen molar-refractivity contribution in [2.75, 3.05) is 13.1 Å². The van der Waals surface area contributed by atoms with E-state index in [1.807, 2.05) is 0 Å². The lowest BCUT2D eigenvalue weighted by Gasteiger charge is -2.30. The molecule has 2 saturated heterocycles.